The van der Waals surface area contributed by atoms with Crippen molar-refractivity contribution < 1.29 is 23.1 Å². The average molecular weight is 549 g/mol. The molecule has 1 atom stereocenters. The van der Waals surface area contributed by atoms with Crippen molar-refractivity contribution in [3.8, 4) is 5.75 Å². The fourth-order valence-corrected chi connectivity index (χ4v) is 5.21. The Bertz CT molecular complexity index is 1480. The Labute approximate surface area is 231 Å². The van der Waals surface area contributed by atoms with Gasteiger partial charge < -0.3 is 10.0 Å². The van der Waals surface area contributed by atoms with Crippen molar-refractivity contribution in [2.45, 2.75) is 64.2 Å². The van der Waals surface area contributed by atoms with Crippen molar-refractivity contribution in [1.82, 2.24) is 14.8 Å². The monoisotopic (exact) mass is 548 g/mol. The van der Waals surface area contributed by atoms with Crippen LogP contribution in [0.25, 0.3) is 0 Å². The van der Waals surface area contributed by atoms with Gasteiger partial charge in [0.2, 0.25) is 5.91 Å². The number of hydrogen-bond acceptors (Lipinski definition) is 4. The maximum absolute atomic E-state index is 14.1. The lowest BCUT2D eigenvalue weighted by Gasteiger charge is -2.31. The molecule has 9 heteroatoms. The molecule has 0 radical (unpaired) electrons. The van der Waals surface area contributed by atoms with Gasteiger partial charge in [-0.15, -0.1) is 0 Å². The van der Waals surface area contributed by atoms with Crippen molar-refractivity contribution in [1.29, 1.82) is 0 Å². The maximum Gasteiger partial charge on any atom is 0.416 e. The molecule has 0 fully saturated rings. The molecule has 5 rings (SSSR count). The van der Waals surface area contributed by atoms with Crippen LogP contribution in [-0.2, 0) is 30.5 Å². The molecule has 6 nitrogen and oxygen atoms in total. The van der Waals surface area contributed by atoms with E-state index in [1.54, 1.807) is 40.3 Å². The van der Waals surface area contributed by atoms with Gasteiger partial charge in [0.25, 0.3) is 0 Å². The van der Waals surface area contributed by atoms with E-state index in [2.05, 4.69) is 23.9 Å². The summed E-state index contributed by atoms with van der Waals surface area (Å²) in [6.07, 6.45) is 3.00. The largest absolute Gasteiger partial charge is 0.508 e. The van der Waals surface area contributed by atoms with Crippen LogP contribution in [0.3, 0.4) is 0 Å². The number of hydrogen-bond donors (Lipinski definition) is 1. The highest BCUT2D eigenvalue weighted by Gasteiger charge is 2.32. The van der Waals surface area contributed by atoms with Crippen LogP contribution in [-0.4, -0.2) is 25.8 Å². The van der Waals surface area contributed by atoms with Crippen molar-refractivity contribution in [3.63, 3.8) is 0 Å². The number of amides is 1. The number of pyridine rings is 1. The number of anilines is 1. The summed E-state index contributed by atoms with van der Waals surface area (Å²) >= 11 is 0. The first-order valence-corrected chi connectivity index (χ1v) is 13.4. The summed E-state index contributed by atoms with van der Waals surface area (Å²) in [5.74, 6) is -0.0205. The Balaban J connectivity index is 1.41. The first-order chi connectivity index (χ1) is 19.1. The number of rotatable bonds is 7. The standard InChI is InChI=1S/C31H31F3N4O2/c1-20(2)28-14-13-24(16-35-28)38(30(40)27-7-3-6-26-25(27)5-4-8-29(26)39)19-22-15-36-37(18-22)17-21-9-11-23(12-10-21)31(32,33)34/h4-5,8-16,18,20,27,39H,3,6-7,17,19H2,1-2H3. The van der Waals surface area contributed by atoms with Gasteiger partial charge in [-0.1, -0.05) is 38.1 Å². The number of aromatic nitrogens is 3. The fraction of sp³-hybridized carbons (Fsp3) is 0.323. The van der Waals surface area contributed by atoms with Crippen LogP contribution in [0.5, 0.6) is 5.75 Å². The molecule has 1 aliphatic rings. The SMILES string of the molecule is CC(C)c1ccc(N(Cc2cnn(Cc3ccc(C(F)(F)F)cc3)c2)C(=O)C2CCCc3c(O)cccc32)cn1. The molecule has 40 heavy (non-hydrogen) atoms. The van der Waals surface area contributed by atoms with Crippen LogP contribution < -0.4 is 4.90 Å². The highest BCUT2D eigenvalue weighted by molar-refractivity contribution is 5.98. The third-order valence-corrected chi connectivity index (χ3v) is 7.37. The number of benzene rings is 2. The smallest absolute Gasteiger partial charge is 0.416 e. The Kier molecular flexibility index (Phi) is 7.65. The zero-order valence-corrected chi connectivity index (χ0v) is 22.4. The summed E-state index contributed by atoms with van der Waals surface area (Å²) in [5, 5.41) is 14.8. The van der Waals surface area contributed by atoms with E-state index in [9.17, 15) is 23.1 Å². The van der Waals surface area contributed by atoms with Crippen LogP contribution in [0.15, 0.2) is 73.2 Å². The molecule has 0 spiro atoms. The minimum absolute atomic E-state index is 0.0823. The number of halogens is 3. The van der Waals surface area contributed by atoms with E-state index in [0.29, 0.717) is 24.2 Å². The predicted octanol–water partition coefficient (Wildman–Crippen LogP) is 6.83. The number of carbonyl (C=O) groups is 1. The van der Waals surface area contributed by atoms with E-state index in [1.807, 2.05) is 18.2 Å². The maximum atomic E-state index is 14.1. The first kappa shape index (κ1) is 27.4. The molecule has 0 bridgehead atoms. The number of phenolic OH excluding ortho intramolecular Hbond substituents is 1. The zero-order valence-electron chi connectivity index (χ0n) is 22.4. The van der Waals surface area contributed by atoms with Gasteiger partial charge in [-0.05, 0) is 72.2 Å². The normalized spacial score (nSPS) is 15.2. The molecular formula is C31H31F3N4O2. The number of fused-ring (bicyclic) bond motifs is 1. The fourth-order valence-electron chi connectivity index (χ4n) is 5.21. The Morgan fingerprint density at radius 3 is 2.52 bits per heavy atom. The van der Waals surface area contributed by atoms with Gasteiger partial charge in [-0.3, -0.25) is 14.5 Å². The molecule has 2 aromatic heterocycles. The Morgan fingerprint density at radius 1 is 1.07 bits per heavy atom. The van der Waals surface area contributed by atoms with Crippen molar-refractivity contribution in [2.75, 3.05) is 4.90 Å². The van der Waals surface area contributed by atoms with Crippen molar-refractivity contribution in [3.05, 3.63) is 107 Å². The summed E-state index contributed by atoms with van der Waals surface area (Å²) < 4.78 is 40.4. The van der Waals surface area contributed by atoms with Gasteiger partial charge >= 0.3 is 6.18 Å². The second-order valence-corrected chi connectivity index (χ2v) is 10.6. The molecule has 2 aromatic carbocycles. The third-order valence-electron chi connectivity index (χ3n) is 7.37. The Morgan fingerprint density at radius 2 is 1.85 bits per heavy atom. The number of phenols is 1. The quantitative estimate of drug-likeness (QED) is 0.275. The summed E-state index contributed by atoms with van der Waals surface area (Å²) in [6.45, 7) is 4.66. The van der Waals surface area contributed by atoms with Gasteiger partial charge in [-0.2, -0.15) is 18.3 Å². The second kappa shape index (κ2) is 11.2. The van der Waals surface area contributed by atoms with Crippen LogP contribution >= 0.6 is 0 Å². The van der Waals surface area contributed by atoms with Crippen molar-refractivity contribution >= 4 is 11.6 Å². The lowest BCUT2D eigenvalue weighted by Crippen LogP contribution is -2.36. The summed E-state index contributed by atoms with van der Waals surface area (Å²) in [7, 11) is 0. The summed E-state index contributed by atoms with van der Waals surface area (Å²) in [4.78, 5) is 20.4. The highest BCUT2D eigenvalue weighted by Crippen LogP contribution is 2.38. The number of carbonyl (C=O) groups excluding carboxylic acids is 1. The van der Waals surface area contributed by atoms with E-state index < -0.39 is 17.7 Å². The molecule has 1 amide bonds. The predicted molar refractivity (Wildman–Crippen MR) is 146 cm³/mol. The Hall–Kier alpha value is -4.14. The molecular weight excluding hydrogens is 517 g/mol. The van der Waals surface area contributed by atoms with Gasteiger partial charge in [0.1, 0.15) is 5.75 Å². The zero-order chi connectivity index (χ0) is 28.4. The number of nitrogens with zero attached hydrogens (tertiary/aromatic N) is 4. The van der Waals surface area contributed by atoms with Gasteiger partial charge in [0.15, 0.2) is 0 Å². The molecule has 0 aliphatic heterocycles. The van der Waals surface area contributed by atoms with Crippen LogP contribution in [0.4, 0.5) is 18.9 Å². The molecule has 1 unspecified atom stereocenters. The van der Waals surface area contributed by atoms with E-state index in [0.717, 1.165) is 47.4 Å². The lowest BCUT2D eigenvalue weighted by molar-refractivity contribution is -0.137. The highest BCUT2D eigenvalue weighted by atomic mass is 19.4. The topological polar surface area (TPSA) is 71.2 Å². The van der Waals surface area contributed by atoms with E-state index in [-0.39, 0.29) is 24.1 Å². The summed E-state index contributed by atoms with van der Waals surface area (Å²) in [6, 6.07) is 14.2. The minimum atomic E-state index is -4.38. The van der Waals surface area contributed by atoms with E-state index >= 15 is 0 Å². The molecule has 0 saturated heterocycles. The van der Waals surface area contributed by atoms with Crippen LogP contribution in [0, 0.1) is 0 Å². The molecule has 0 saturated carbocycles. The summed E-state index contributed by atoms with van der Waals surface area (Å²) in [5.41, 5.74) is 4.03. The number of aromatic hydroxyl groups is 1. The second-order valence-electron chi connectivity index (χ2n) is 10.6. The lowest BCUT2D eigenvalue weighted by atomic mass is 9.81. The average Bonchev–Trinajstić information content (AvgIpc) is 3.38. The van der Waals surface area contributed by atoms with Crippen LogP contribution in [0.2, 0.25) is 0 Å². The molecule has 2 heterocycles. The molecule has 1 N–H and O–H groups in total. The van der Waals surface area contributed by atoms with E-state index in [1.165, 1.54) is 12.1 Å². The van der Waals surface area contributed by atoms with E-state index in [4.69, 9.17) is 0 Å². The first-order valence-electron chi connectivity index (χ1n) is 13.4. The van der Waals surface area contributed by atoms with Crippen molar-refractivity contribution in [2.24, 2.45) is 0 Å². The van der Waals surface area contributed by atoms with Gasteiger partial charge in [0.05, 0.1) is 42.7 Å². The third kappa shape index (κ3) is 5.88. The molecule has 4 aromatic rings. The van der Waals surface area contributed by atoms with Gasteiger partial charge in [0, 0.05) is 17.5 Å². The molecule has 208 valence electrons. The minimum Gasteiger partial charge on any atom is -0.508 e. The molecule has 1 aliphatic carbocycles. The van der Waals surface area contributed by atoms with Crippen LogP contribution in [0.1, 0.15) is 72.0 Å². The number of alkyl halides is 3. The van der Waals surface area contributed by atoms with Gasteiger partial charge in [-0.25, -0.2) is 0 Å².